The highest BCUT2D eigenvalue weighted by Gasteiger charge is 2.38. The fourth-order valence-electron chi connectivity index (χ4n) is 5.82. The summed E-state index contributed by atoms with van der Waals surface area (Å²) in [5.41, 5.74) is 4.31. The fraction of sp³-hybridized carbons (Fsp3) is 0.448. The molecule has 0 radical (unpaired) electrons. The number of likely N-dealkylation sites (N-methyl/N-ethyl adjacent to an activating group) is 1. The number of nitrogens with zero attached hydrogens (tertiary/aromatic N) is 8. The minimum absolute atomic E-state index is 0.102. The van der Waals surface area contributed by atoms with Gasteiger partial charge < -0.3 is 19.4 Å². The van der Waals surface area contributed by atoms with Crippen LogP contribution < -0.4 is 14.5 Å². The SMILES string of the molecule is COc1ccncc1-c1cc2c(cnn2-c2cc(N3C[C@H](CS(C)(=O)=O)[C@H]3C)cc(N3CCN(C)CC3)n2)c(C)n1. The van der Waals surface area contributed by atoms with Gasteiger partial charge in [-0.25, -0.2) is 18.1 Å². The van der Waals surface area contributed by atoms with Gasteiger partial charge in [0.2, 0.25) is 0 Å². The van der Waals surface area contributed by atoms with Crippen LogP contribution in [0.2, 0.25) is 0 Å². The van der Waals surface area contributed by atoms with Gasteiger partial charge in [-0.05, 0) is 33.0 Å². The molecular weight excluding hydrogens is 540 g/mol. The third kappa shape index (κ3) is 5.33. The van der Waals surface area contributed by atoms with Crippen LogP contribution >= 0.6 is 0 Å². The number of ether oxygens (including phenoxy) is 1. The van der Waals surface area contributed by atoms with Crippen LogP contribution in [0.4, 0.5) is 11.5 Å². The smallest absolute Gasteiger partial charge is 0.158 e. The molecule has 4 aromatic rings. The lowest BCUT2D eigenvalue weighted by molar-refractivity contribution is 0.312. The monoisotopic (exact) mass is 576 g/mol. The number of methoxy groups -OCH3 is 1. The van der Waals surface area contributed by atoms with Crippen molar-refractivity contribution in [2.45, 2.75) is 19.9 Å². The molecule has 2 aliphatic rings. The maximum atomic E-state index is 12.0. The lowest BCUT2D eigenvalue weighted by Gasteiger charge is -2.48. The Bertz CT molecular complexity index is 1700. The largest absolute Gasteiger partial charge is 0.496 e. The average molecular weight is 577 g/mol. The summed E-state index contributed by atoms with van der Waals surface area (Å²) in [6.45, 7) is 8.45. The molecule has 4 aromatic heterocycles. The number of hydrogen-bond acceptors (Lipinski definition) is 10. The van der Waals surface area contributed by atoms with Gasteiger partial charge in [0, 0.05) is 92.2 Å². The van der Waals surface area contributed by atoms with Crippen LogP contribution in [0.5, 0.6) is 5.75 Å². The first-order valence-electron chi connectivity index (χ1n) is 13.9. The van der Waals surface area contributed by atoms with E-state index in [1.165, 1.54) is 6.26 Å². The van der Waals surface area contributed by atoms with E-state index >= 15 is 0 Å². The molecule has 2 saturated heterocycles. The highest BCUT2D eigenvalue weighted by atomic mass is 32.2. The molecule has 2 fully saturated rings. The summed E-state index contributed by atoms with van der Waals surface area (Å²) in [4.78, 5) is 21.1. The van der Waals surface area contributed by atoms with Crippen LogP contribution in [0.3, 0.4) is 0 Å². The van der Waals surface area contributed by atoms with Crippen LogP contribution in [0, 0.1) is 12.8 Å². The number of fused-ring (bicyclic) bond motifs is 1. The number of piperazine rings is 1. The van der Waals surface area contributed by atoms with Crippen LogP contribution in [0.25, 0.3) is 28.0 Å². The first-order chi connectivity index (χ1) is 19.6. The van der Waals surface area contributed by atoms with E-state index in [1.807, 2.05) is 29.9 Å². The maximum absolute atomic E-state index is 12.0. The molecule has 2 aliphatic heterocycles. The molecule has 12 heteroatoms. The molecule has 11 nitrogen and oxygen atoms in total. The molecule has 0 amide bonds. The highest BCUT2D eigenvalue weighted by Crippen LogP contribution is 2.36. The maximum Gasteiger partial charge on any atom is 0.158 e. The highest BCUT2D eigenvalue weighted by molar-refractivity contribution is 7.90. The van der Waals surface area contributed by atoms with Crippen LogP contribution in [0.15, 0.2) is 42.9 Å². The summed E-state index contributed by atoms with van der Waals surface area (Å²) in [6.07, 6.45) is 6.60. The molecule has 6 heterocycles. The molecule has 0 aromatic carbocycles. The Hall–Kier alpha value is -3.77. The quantitative estimate of drug-likeness (QED) is 0.326. The Kier molecular flexibility index (Phi) is 7.06. The molecule has 0 saturated carbocycles. The van der Waals surface area contributed by atoms with Gasteiger partial charge in [-0.3, -0.25) is 9.97 Å². The number of rotatable bonds is 7. The van der Waals surface area contributed by atoms with Gasteiger partial charge in [-0.1, -0.05) is 0 Å². The molecule has 0 N–H and O–H groups in total. The second kappa shape index (κ2) is 10.6. The Morgan fingerprint density at radius 1 is 1.05 bits per heavy atom. The van der Waals surface area contributed by atoms with Crippen molar-refractivity contribution in [3.63, 3.8) is 0 Å². The van der Waals surface area contributed by atoms with Crippen molar-refractivity contribution in [2.75, 3.05) is 68.7 Å². The number of sulfone groups is 1. The molecule has 0 bridgehead atoms. The lowest BCUT2D eigenvalue weighted by atomic mass is 9.91. The summed E-state index contributed by atoms with van der Waals surface area (Å²) >= 11 is 0. The van der Waals surface area contributed by atoms with Gasteiger partial charge >= 0.3 is 0 Å². The zero-order valence-corrected chi connectivity index (χ0v) is 25.0. The van der Waals surface area contributed by atoms with Crippen molar-refractivity contribution in [1.82, 2.24) is 29.6 Å². The van der Waals surface area contributed by atoms with E-state index in [0.717, 1.165) is 65.5 Å². The fourth-order valence-corrected chi connectivity index (χ4v) is 6.98. The molecule has 0 aliphatic carbocycles. The second-order valence-electron chi connectivity index (χ2n) is 11.2. The van der Waals surface area contributed by atoms with E-state index in [9.17, 15) is 8.42 Å². The summed E-state index contributed by atoms with van der Waals surface area (Å²) in [5.74, 6) is 2.60. The van der Waals surface area contributed by atoms with E-state index < -0.39 is 9.84 Å². The van der Waals surface area contributed by atoms with E-state index in [-0.39, 0.29) is 17.7 Å². The Balaban J connectivity index is 1.44. The van der Waals surface area contributed by atoms with Crippen LogP contribution in [-0.2, 0) is 9.84 Å². The van der Waals surface area contributed by atoms with Gasteiger partial charge in [0.15, 0.2) is 5.82 Å². The standard InChI is InChI=1S/C29H36N8O3S/c1-19-23-16-31-37(26(23)14-25(32-19)24-15-30-7-6-27(24)40-4)29-13-22(36-17-21(20(36)2)18-41(5,38)39)12-28(33-29)35-10-8-34(3)9-11-35/h6-7,12-16,20-21H,8-11,17-18H2,1-5H3/t20-,21-/m1/s1. The summed E-state index contributed by atoms with van der Waals surface area (Å²) in [5, 5.41) is 5.71. The molecular formula is C29H36N8O3S. The number of anilines is 2. The van der Waals surface area contributed by atoms with Gasteiger partial charge in [-0.2, -0.15) is 5.10 Å². The molecule has 0 spiro atoms. The molecule has 2 atom stereocenters. The van der Waals surface area contributed by atoms with Gasteiger partial charge in [0.25, 0.3) is 0 Å². The first kappa shape index (κ1) is 27.4. The molecule has 0 unspecified atom stereocenters. The third-order valence-electron chi connectivity index (χ3n) is 8.32. The summed E-state index contributed by atoms with van der Waals surface area (Å²) in [7, 11) is 0.733. The van der Waals surface area contributed by atoms with Crippen molar-refractivity contribution in [3.8, 4) is 22.8 Å². The van der Waals surface area contributed by atoms with Gasteiger partial charge in [0.1, 0.15) is 21.4 Å². The van der Waals surface area contributed by atoms with Crippen molar-refractivity contribution in [1.29, 1.82) is 0 Å². The topological polar surface area (TPSA) is 110 Å². The lowest BCUT2D eigenvalue weighted by Crippen LogP contribution is -2.57. The number of hydrogen-bond donors (Lipinski definition) is 0. The Morgan fingerprint density at radius 2 is 1.80 bits per heavy atom. The summed E-state index contributed by atoms with van der Waals surface area (Å²) < 4.78 is 31.4. The minimum atomic E-state index is -3.04. The van der Waals surface area contributed by atoms with E-state index in [0.29, 0.717) is 18.1 Å². The average Bonchev–Trinajstić information content (AvgIpc) is 3.39. The first-order valence-corrected chi connectivity index (χ1v) is 15.9. The van der Waals surface area contributed by atoms with Gasteiger partial charge in [0.05, 0.1) is 35.8 Å². The van der Waals surface area contributed by atoms with Crippen molar-refractivity contribution in [2.24, 2.45) is 5.92 Å². The van der Waals surface area contributed by atoms with Crippen molar-refractivity contribution >= 4 is 32.2 Å². The van der Waals surface area contributed by atoms with E-state index in [4.69, 9.17) is 19.8 Å². The molecule has 41 heavy (non-hydrogen) atoms. The van der Waals surface area contributed by atoms with E-state index in [1.54, 1.807) is 19.5 Å². The van der Waals surface area contributed by atoms with E-state index in [2.05, 4.69) is 45.8 Å². The van der Waals surface area contributed by atoms with Crippen LogP contribution in [-0.4, -0.2) is 103 Å². The third-order valence-corrected chi connectivity index (χ3v) is 9.35. The zero-order valence-electron chi connectivity index (χ0n) is 24.1. The Morgan fingerprint density at radius 3 is 2.51 bits per heavy atom. The predicted octanol–water partition coefficient (Wildman–Crippen LogP) is 2.82. The molecule has 216 valence electrons. The Labute approximate surface area is 240 Å². The minimum Gasteiger partial charge on any atom is -0.496 e. The molecule has 6 rings (SSSR count). The number of aryl methyl sites for hydroxylation is 1. The second-order valence-corrected chi connectivity index (χ2v) is 13.4. The predicted molar refractivity (Wildman–Crippen MR) is 161 cm³/mol. The van der Waals surface area contributed by atoms with Crippen molar-refractivity contribution in [3.05, 3.63) is 48.5 Å². The van der Waals surface area contributed by atoms with Crippen LogP contribution in [0.1, 0.15) is 12.6 Å². The number of aromatic nitrogens is 5. The normalized spacial score (nSPS) is 19.9. The summed E-state index contributed by atoms with van der Waals surface area (Å²) in [6, 6.07) is 8.12. The zero-order chi connectivity index (χ0) is 28.9. The van der Waals surface area contributed by atoms with Gasteiger partial charge in [-0.15, -0.1) is 0 Å². The van der Waals surface area contributed by atoms with Crippen molar-refractivity contribution < 1.29 is 13.2 Å². The number of pyridine rings is 3.